The summed E-state index contributed by atoms with van der Waals surface area (Å²) in [6.07, 6.45) is 1.59. The lowest BCUT2D eigenvalue weighted by atomic mass is 10.6. The molecule has 0 aromatic rings. The molecule has 3 amide bonds. The van der Waals surface area contributed by atoms with Crippen LogP contribution in [-0.2, 0) is 24.1 Å². The van der Waals surface area contributed by atoms with Crippen LogP contribution in [0, 0.1) is 0 Å². The minimum Gasteiger partial charge on any atom is -0.331 e. The Kier molecular flexibility index (Phi) is 3.60. The van der Waals surface area contributed by atoms with Crippen LogP contribution in [0.3, 0.4) is 0 Å². The first-order valence-corrected chi connectivity index (χ1v) is 4.32. The average molecular weight is 240 g/mol. The molecule has 1 aliphatic heterocycles. The molecule has 0 bridgehead atoms. The fourth-order valence-electron chi connectivity index (χ4n) is 0.897. The zero-order chi connectivity index (χ0) is 13.0. The molecule has 8 nitrogen and oxygen atoms in total. The maximum Gasteiger partial charge on any atom is 0.394 e. The van der Waals surface area contributed by atoms with Crippen molar-refractivity contribution in [2.75, 3.05) is 6.54 Å². The van der Waals surface area contributed by atoms with E-state index in [1.165, 1.54) is 0 Å². The van der Waals surface area contributed by atoms with Crippen LogP contribution in [0.25, 0.3) is 0 Å². The van der Waals surface area contributed by atoms with E-state index >= 15 is 0 Å². The fraction of sp³-hybridized carbons (Fsp3) is 0.111. The van der Waals surface area contributed by atoms with Gasteiger partial charge >= 0.3 is 18.0 Å². The Bertz CT molecular complexity index is 416. The predicted octanol–water partition coefficient (Wildman–Crippen LogP) is -0.461. The van der Waals surface area contributed by atoms with E-state index in [1.54, 1.807) is 0 Å². The van der Waals surface area contributed by atoms with Gasteiger partial charge in [0.25, 0.3) is 5.91 Å². The Morgan fingerprint density at radius 3 is 2.18 bits per heavy atom. The summed E-state index contributed by atoms with van der Waals surface area (Å²) in [6.45, 7) is 5.68. The Morgan fingerprint density at radius 2 is 1.65 bits per heavy atom. The summed E-state index contributed by atoms with van der Waals surface area (Å²) < 4.78 is 0. The van der Waals surface area contributed by atoms with Crippen molar-refractivity contribution in [2.45, 2.75) is 0 Å². The predicted molar refractivity (Wildman–Crippen MR) is 51.5 cm³/mol. The van der Waals surface area contributed by atoms with Crippen LogP contribution >= 0.6 is 0 Å². The van der Waals surface area contributed by atoms with Crippen molar-refractivity contribution in [1.29, 1.82) is 0 Å². The van der Waals surface area contributed by atoms with E-state index < -0.39 is 30.4 Å². The maximum absolute atomic E-state index is 11.4. The van der Waals surface area contributed by atoms with E-state index in [1.807, 2.05) is 0 Å². The number of carbonyl (C=O) groups is 4. The minimum atomic E-state index is -1.08. The molecule has 0 aromatic carbocycles. The van der Waals surface area contributed by atoms with Gasteiger partial charge in [-0.2, -0.15) is 0 Å². The van der Waals surface area contributed by atoms with E-state index in [2.05, 4.69) is 22.8 Å². The van der Waals surface area contributed by atoms with Gasteiger partial charge in [0.05, 0.1) is 0 Å². The van der Waals surface area contributed by atoms with Gasteiger partial charge in [0.2, 0.25) is 0 Å². The Hall–Kier alpha value is -2.64. The number of amides is 3. The van der Waals surface area contributed by atoms with Gasteiger partial charge < -0.3 is 9.68 Å². The quantitative estimate of drug-likeness (QED) is 0.487. The number of carbonyl (C=O) groups excluding carboxylic acids is 4. The summed E-state index contributed by atoms with van der Waals surface area (Å²) in [6, 6.07) is -1.08. The molecule has 1 rings (SSSR count). The number of urea groups is 1. The maximum atomic E-state index is 11.4. The first-order chi connectivity index (χ1) is 7.99. The van der Waals surface area contributed by atoms with E-state index in [4.69, 9.17) is 0 Å². The van der Waals surface area contributed by atoms with E-state index in [-0.39, 0.29) is 5.06 Å². The molecule has 1 saturated heterocycles. The molecule has 17 heavy (non-hydrogen) atoms. The van der Waals surface area contributed by atoms with Crippen molar-refractivity contribution in [2.24, 2.45) is 0 Å². The normalized spacial score (nSPS) is 14.6. The molecule has 1 fully saturated rings. The van der Waals surface area contributed by atoms with Crippen LogP contribution in [-0.4, -0.2) is 40.5 Å². The Balaban J connectivity index is 2.71. The molecule has 0 aromatic heterocycles. The third-order valence-electron chi connectivity index (χ3n) is 1.61. The average Bonchev–Trinajstić information content (AvgIpc) is 2.56. The van der Waals surface area contributed by atoms with Crippen LogP contribution < -0.4 is 0 Å². The smallest absolute Gasteiger partial charge is 0.331 e. The van der Waals surface area contributed by atoms with Crippen molar-refractivity contribution in [3.05, 3.63) is 25.3 Å². The molecule has 0 atom stereocenters. The van der Waals surface area contributed by atoms with Gasteiger partial charge in [0, 0.05) is 12.2 Å². The second-order valence-electron chi connectivity index (χ2n) is 2.74. The molecule has 0 radical (unpaired) electrons. The van der Waals surface area contributed by atoms with Crippen molar-refractivity contribution in [3.8, 4) is 0 Å². The topological polar surface area (TPSA) is 93.2 Å². The highest BCUT2D eigenvalue weighted by molar-refractivity contribution is 6.02. The number of hydroxylamine groups is 4. The monoisotopic (exact) mass is 240 g/mol. The molecule has 90 valence electrons. The molecule has 8 heteroatoms. The van der Waals surface area contributed by atoms with Gasteiger partial charge in [0.15, 0.2) is 0 Å². The molecule has 0 spiro atoms. The summed E-state index contributed by atoms with van der Waals surface area (Å²) in [4.78, 5) is 53.1. The van der Waals surface area contributed by atoms with Crippen LogP contribution in [0.4, 0.5) is 4.79 Å². The van der Waals surface area contributed by atoms with Crippen molar-refractivity contribution >= 4 is 23.9 Å². The molecular formula is C9H8N2O6. The lowest BCUT2D eigenvalue weighted by molar-refractivity contribution is -0.179. The molecular weight excluding hydrogens is 232 g/mol. The first kappa shape index (κ1) is 12.4. The largest absolute Gasteiger partial charge is 0.394 e. The summed E-state index contributed by atoms with van der Waals surface area (Å²) in [5.41, 5.74) is 0. The number of rotatable bonds is 4. The highest BCUT2D eigenvalue weighted by atomic mass is 16.8. The summed E-state index contributed by atoms with van der Waals surface area (Å²) in [5, 5.41) is 0.628. The number of imide groups is 1. The van der Waals surface area contributed by atoms with Gasteiger partial charge in [-0.3, -0.25) is 4.79 Å². The standard InChI is InChI=1S/C9H8N2O6/c1-3-7(13)16-10-5-6(12)11(9(10)15)17-8(14)4-2/h3-4H,1-2,5H2. The summed E-state index contributed by atoms with van der Waals surface area (Å²) in [5.74, 6) is -2.74. The van der Waals surface area contributed by atoms with Gasteiger partial charge in [-0.25, -0.2) is 14.4 Å². The zero-order valence-electron chi connectivity index (χ0n) is 8.62. The van der Waals surface area contributed by atoms with Crippen molar-refractivity contribution < 1.29 is 28.9 Å². The number of hydrogen-bond acceptors (Lipinski definition) is 6. The second-order valence-corrected chi connectivity index (χ2v) is 2.74. The molecule has 0 N–H and O–H groups in total. The highest BCUT2D eigenvalue weighted by Crippen LogP contribution is 2.11. The number of hydrogen-bond donors (Lipinski definition) is 0. The molecule has 0 aliphatic carbocycles. The van der Waals surface area contributed by atoms with Crippen LogP contribution in [0.15, 0.2) is 25.3 Å². The summed E-state index contributed by atoms with van der Waals surface area (Å²) in [7, 11) is 0. The Labute approximate surface area is 95.6 Å². The summed E-state index contributed by atoms with van der Waals surface area (Å²) >= 11 is 0. The lowest BCUT2D eigenvalue weighted by Crippen LogP contribution is -2.35. The highest BCUT2D eigenvalue weighted by Gasteiger charge is 2.41. The fourth-order valence-corrected chi connectivity index (χ4v) is 0.897. The van der Waals surface area contributed by atoms with Crippen LogP contribution in [0.1, 0.15) is 0 Å². The van der Waals surface area contributed by atoms with Gasteiger partial charge in [-0.1, -0.05) is 18.2 Å². The molecule has 1 aliphatic rings. The van der Waals surface area contributed by atoms with Gasteiger partial charge in [-0.15, -0.1) is 5.06 Å². The van der Waals surface area contributed by atoms with Gasteiger partial charge in [0.1, 0.15) is 6.54 Å². The molecule has 0 unspecified atom stereocenters. The van der Waals surface area contributed by atoms with Crippen LogP contribution in [0.5, 0.6) is 0 Å². The van der Waals surface area contributed by atoms with Crippen molar-refractivity contribution in [3.63, 3.8) is 0 Å². The molecule has 0 saturated carbocycles. The zero-order valence-corrected chi connectivity index (χ0v) is 8.62. The minimum absolute atomic E-state index is 0.181. The molecule has 1 heterocycles. The van der Waals surface area contributed by atoms with Crippen LogP contribution in [0.2, 0.25) is 0 Å². The Morgan fingerprint density at radius 1 is 1.12 bits per heavy atom. The lowest BCUT2D eigenvalue weighted by Gasteiger charge is -2.13. The number of nitrogens with zero attached hydrogens (tertiary/aromatic N) is 2. The third-order valence-corrected chi connectivity index (χ3v) is 1.61. The second kappa shape index (κ2) is 4.92. The first-order valence-electron chi connectivity index (χ1n) is 4.32. The van der Waals surface area contributed by atoms with E-state index in [9.17, 15) is 19.2 Å². The van der Waals surface area contributed by atoms with E-state index in [0.717, 1.165) is 12.2 Å². The van der Waals surface area contributed by atoms with Crippen molar-refractivity contribution in [1.82, 2.24) is 10.1 Å². The van der Waals surface area contributed by atoms with Gasteiger partial charge in [-0.05, 0) is 0 Å². The third kappa shape index (κ3) is 2.68. The van der Waals surface area contributed by atoms with E-state index in [0.29, 0.717) is 5.06 Å². The SMILES string of the molecule is C=CC(=O)ON1CC(=O)N(OC(=O)C=C)C1=O.